The minimum absolute atomic E-state index is 0.217. The SMILES string of the molecule is CC(N)CSc1ccc(N)cc1Br. The van der Waals surface area contributed by atoms with Crippen LogP contribution in [0.1, 0.15) is 6.92 Å². The Bertz CT molecular complexity index is 289. The van der Waals surface area contributed by atoms with E-state index in [0.717, 1.165) is 15.9 Å². The average molecular weight is 261 g/mol. The number of rotatable bonds is 3. The van der Waals surface area contributed by atoms with Crippen molar-refractivity contribution in [3.05, 3.63) is 22.7 Å². The molecule has 1 unspecified atom stereocenters. The molecule has 4 heteroatoms. The van der Waals surface area contributed by atoms with Crippen LogP contribution in [0, 0.1) is 0 Å². The second-order valence-corrected chi connectivity index (χ2v) is 4.89. The molecule has 0 radical (unpaired) electrons. The molecule has 1 rings (SSSR count). The van der Waals surface area contributed by atoms with Crippen LogP contribution in [0.2, 0.25) is 0 Å². The van der Waals surface area contributed by atoms with Gasteiger partial charge in [-0.2, -0.15) is 0 Å². The highest BCUT2D eigenvalue weighted by Crippen LogP contribution is 2.29. The van der Waals surface area contributed by atoms with Crippen LogP contribution in [0.4, 0.5) is 5.69 Å². The molecular weight excluding hydrogens is 248 g/mol. The quantitative estimate of drug-likeness (QED) is 0.649. The molecule has 13 heavy (non-hydrogen) atoms. The smallest absolute Gasteiger partial charge is 0.0331 e. The Morgan fingerprint density at radius 1 is 1.54 bits per heavy atom. The molecule has 4 N–H and O–H groups in total. The number of nitrogens with two attached hydrogens (primary N) is 2. The van der Waals surface area contributed by atoms with Gasteiger partial charge in [0.2, 0.25) is 0 Å². The molecule has 1 aromatic carbocycles. The highest BCUT2D eigenvalue weighted by atomic mass is 79.9. The third kappa shape index (κ3) is 3.58. The molecule has 0 amide bonds. The Morgan fingerprint density at radius 2 is 2.23 bits per heavy atom. The Morgan fingerprint density at radius 3 is 2.77 bits per heavy atom. The van der Waals surface area contributed by atoms with Crippen molar-refractivity contribution in [2.75, 3.05) is 11.5 Å². The third-order valence-corrected chi connectivity index (χ3v) is 3.74. The van der Waals surface area contributed by atoms with E-state index in [1.807, 2.05) is 25.1 Å². The fourth-order valence-electron chi connectivity index (χ4n) is 0.855. The van der Waals surface area contributed by atoms with Gasteiger partial charge in [-0.3, -0.25) is 0 Å². The molecule has 72 valence electrons. The topological polar surface area (TPSA) is 52.0 Å². The molecule has 0 aliphatic carbocycles. The van der Waals surface area contributed by atoms with Crippen LogP contribution in [-0.4, -0.2) is 11.8 Å². The lowest BCUT2D eigenvalue weighted by molar-refractivity contribution is 0.847. The molecule has 1 atom stereocenters. The fourth-order valence-corrected chi connectivity index (χ4v) is 2.40. The zero-order chi connectivity index (χ0) is 9.84. The third-order valence-electron chi connectivity index (χ3n) is 1.46. The summed E-state index contributed by atoms with van der Waals surface area (Å²) in [6.45, 7) is 2.00. The molecular formula is C9H13BrN2S. The first-order valence-corrected chi connectivity index (χ1v) is 5.81. The summed E-state index contributed by atoms with van der Waals surface area (Å²) in [6, 6.07) is 6.03. The minimum atomic E-state index is 0.217. The van der Waals surface area contributed by atoms with E-state index >= 15 is 0 Å². The molecule has 0 aromatic heterocycles. The molecule has 0 fully saturated rings. The summed E-state index contributed by atoms with van der Waals surface area (Å²) < 4.78 is 1.04. The van der Waals surface area contributed by atoms with Gasteiger partial charge in [0.1, 0.15) is 0 Å². The highest BCUT2D eigenvalue weighted by Gasteiger charge is 2.02. The van der Waals surface area contributed by atoms with Crippen molar-refractivity contribution in [1.29, 1.82) is 0 Å². The van der Waals surface area contributed by atoms with Crippen LogP contribution in [0.15, 0.2) is 27.6 Å². The van der Waals surface area contributed by atoms with Crippen LogP contribution in [0.25, 0.3) is 0 Å². The van der Waals surface area contributed by atoms with Gasteiger partial charge >= 0.3 is 0 Å². The summed E-state index contributed by atoms with van der Waals surface area (Å²) >= 11 is 5.19. The molecule has 0 saturated heterocycles. The molecule has 2 nitrogen and oxygen atoms in total. The molecule has 0 heterocycles. The summed E-state index contributed by atoms with van der Waals surface area (Å²) in [5.74, 6) is 0.919. The summed E-state index contributed by atoms with van der Waals surface area (Å²) in [7, 11) is 0. The first-order chi connectivity index (χ1) is 6.09. The lowest BCUT2D eigenvalue weighted by Crippen LogP contribution is -2.17. The van der Waals surface area contributed by atoms with E-state index in [-0.39, 0.29) is 6.04 Å². The Balaban J connectivity index is 2.67. The van der Waals surface area contributed by atoms with E-state index in [4.69, 9.17) is 11.5 Å². The summed E-state index contributed by atoms with van der Waals surface area (Å²) in [6.07, 6.45) is 0. The molecule has 0 bridgehead atoms. The van der Waals surface area contributed by atoms with Gasteiger partial charge in [0, 0.05) is 26.9 Å². The van der Waals surface area contributed by atoms with Gasteiger partial charge in [-0.15, -0.1) is 11.8 Å². The standard InChI is InChI=1S/C9H13BrN2S/c1-6(11)5-13-9-3-2-7(12)4-8(9)10/h2-4,6H,5,11-12H2,1H3. The summed E-state index contributed by atoms with van der Waals surface area (Å²) in [5.41, 5.74) is 12.1. The first-order valence-electron chi connectivity index (χ1n) is 4.03. The van der Waals surface area contributed by atoms with Crippen molar-refractivity contribution in [2.45, 2.75) is 17.9 Å². The second kappa shape index (κ2) is 4.88. The van der Waals surface area contributed by atoms with Gasteiger partial charge in [-0.25, -0.2) is 0 Å². The average Bonchev–Trinajstić information content (AvgIpc) is 2.02. The van der Waals surface area contributed by atoms with Crippen LogP contribution in [0.5, 0.6) is 0 Å². The zero-order valence-electron chi connectivity index (χ0n) is 7.46. The zero-order valence-corrected chi connectivity index (χ0v) is 9.86. The predicted octanol–water partition coefficient (Wildman–Crippen LogP) is 2.47. The Kier molecular flexibility index (Phi) is 4.09. The van der Waals surface area contributed by atoms with Crippen molar-refractivity contribution in [3.8, 4) is 0 Å². The number of halogens is 1. The summed E-state index contributed by atoms with van der Waals surface area (Å²) in [5, 5.41) is 0. The number of nitrogen functional groups attached to an aromatic ring is 1. The monoisotopic (exact) mass is 260 g/mol. The van der Waals surface area contributed by atoms with E-state index in [9.17, 15) is 0 Å². The molecule has 0 aliphatic rings. The molecule has 1 aromatic rings. The molecule has 0 spiro atoms. The van der Waals surface area contributed by atoms with E-state index in [2.05, 4.69) is 15.9 Å². The molecule has 0 saturated carbocycles. The largest absolute Gasteiger partial charge is 0.399 e. The van der Waals surface area contributed by atoms with E-state index < -0.39 is 0 Å². The highest BCUT2D eigenvalue weighted by molar-refractivity contribution is 9.10. The van der Waals surface area contributed by atoms with Crippen molar-refractivity contribution in [1.82, 2.24) is 0 Å². The maximum atomic E-state index is 5.66. The maximum Gasteiger partial charge on any atom is 0.0331 e. The van der Waals surface area contributed by atoms with Gasteiger partial charge in [-0.05, 0) is 41.1 Å². The van der Waals surface area contributed by atoms with Gasteiger partial charge in [0.05, 0.1) is 0 Å². The Labute approximate surface area is 91.2 Å². The number of benzene rings is 1. The lowest BCUT2D eigenvalue weighted by Gasteiger charge is -2.07. The number of anilines is 1. The van der Waals surface area contributed by atoms with Crippen molar-refractivity contribution < 1.29 is 0 Å². The number of thioether (sulfide) groups is 1. The van der Waals surface area contributed by atoms with Crippen LogP contribution in [0.3, 0.4) is 0 Å². The van der Waals surface area contributed by atoms with Crippen molar-refractivity contribution in [3.63, 3.8) is 0 Å². The molecule has 0 aliphatic heterocycles. The van der Waals surface area contributed by atoms with E-state index in [0.29, 0.717) is 0 Å². The number of hydrogen-bond donors (Lipinski definition) is 2. The predicted molar refractivity (Wildman–Crippen MR) is 62.9 cm³/mol. The van der Waals surface area contributed by atoms with Crippen molar-refractivity contribution in [2.24, 2.45) is 5.73 Å². The fraction of sp³-hybridized carbons (Fsp3) is 0.333. The Hall–Kier alpha value is -0.190. The van der Waals surface area contributed by atoms with E-state index in [1.165, 1.54) is 4.90 Å². The van der Waals surface area contributed by atoms with Crippen LogP contribution in [-0.2, 0) is 0 Å². The van der Waals surface area contributed by atoms with Gasteiger partial charge in [-0.1, -0.05) is 0 Å². The van der Waals surface area contributed by atoms with Gasteiger partial charge in [0.15, 0.2) is 0 Å². The lowest BCUT2D eigenvalue weighted by atomic mass is 10.3. The van der Waals surface area contributed by atoms with Gasteiger partial charge in [0.25, 0.3) is 0 Å². The maximum absolute atomic E-state index is 5.66. The second-order valence-electron chi connectivity index (χ2n) is 2.98. The van der Waals surface area contributed by atoms with Crippen LogP contribution >= 0.6 is 27.7 Å². The number of hydrogen-bond acceptors (Lipinski definition) is 3. The first kappa shape index (κ1) is 10.9. The van der Waals surface area contributed by atoms with Crippen LogP contribution < -0.4 is 11.5 Å². The normalized spacial score (nSPS) is 12.8. The van der Waals surface area contributed by atoms with Crippen molar-refractivity contribution >= 4 is 33.4 Å². The minimum Gasteiger partial charge on any atom is -0.399 e. The van der Waals surface area contributed by atoms with Gasteiger partial charge < -0.3 is 11.5 Å². The van der Waals surface area contributed by atoms with E-state index in [1.54, 1.807) is 11.8 Å². The summed E-state index contributed by atoms with van der Waals surface area (Å²) in [4.78, 5) is 1.19.